The fourth-order valence-electron chi connectivity index (χ4n) is 7.03. The summed E-state index contributed by atoms with van der Waals surface area (Å²) in [5.41, 5.74) is 1.58. The Morgan fingerprint density at radius 3 is 2.59 bits per heavy atom. The zero-order chi connectivity index (χ0) is 15.7. The number of carbonyl (C=O) groups excluding carboxylic acids is 2. The van der Waals surface area contributed by atoms with Gasteiger partial charge in [-0.05, 0) is 67.3 Å². The molecule has 0 N–H and O–H groups in total. The molecule has 2 heteroatoms. The van der Waals surface area contributed by atoms with Crippen molar-refractivity contribution in [2.45, 2.75) is 65.7 Å². The molecular weight excluding hydrogens is 272 g/mol. The number of ketones is 2. The van der Waals surface area contributed by atoms with Gasteiger partial charge in [-0.2, -0.15) is 0 Å². The van der Waals surface area contributed by atoms with Gasteiger partial charge >= 0.3 is 0 Å². The van der Waals surface area contributed by atoms with Gasteiger partial charge in [-0.25, -0.2) is 0 Å². The average molecular weight is 300 g/mol. The van der Waals surface area contributed by atoms with E-state index in [1.54, 1.807) is 0 Å². The van der Waals surface area contributed by atoms with E-state index in [4.69, 9.17) is 0 Å². The molecule has 4 aliphatic rings. The second kappa shape index (κ2) is 4.55. The largest absolute Gasteiger partial charge is 0.299 e. The summed E-state index contributed by atoms with van der Waals surface area (Å²) in [6.07, 6.45) is 8.96. The highest BCUT2D eigenvalue weighted by Crippen LogP contribution is 2.65. The van der Waals surface area contributed by atoms with Crippen molar-refractivity contribution < 1.29 is 9.59 Å². The first-order valence-electron chi connectivity index (χ1n) is 9.13. The highest BCUT2D eigenvalue weighted by atomic mass is 16.1. The lowest BCUT2D eigenvalue weighted by atomic mass is 9.45. The molecule has 0 aromatic heterocycles. The molecule has 0 heterocycles. The van der Waals surface area contributed by atoms with Gasteiger partial charge < -0.3 is 0 Å². The summed E-state index contributed by atoms with van der Waals surface area (Å²) >= 11 is 0. The van der Waals surface area contributed by atoms with Gasteiger partial charge in [0.2, 0.25) is 0 Å². The molecule has 0 aromatic rings. The molecule has 0 bridgehead atoms. The molecule has 0 unspecified atom stereocenters. The van der Waals surface area contributed by atoms with Crippen LogP contribution in [0, 0.1) is 34.5 Å². The lowest BCUT2D eigenvalue weighted by Gasteiger charge is -2.59. The summed E-state index contributed by atoms with van der Waals surface area (Å²) in [6.45, 7) is 7.03. The number of carbonyl (C=O) groups is 2. The molecule has 6 atom stereocenters. The van der Waals surface area contributed by atoms with Crippen LogP contribution in [0.25, 0.3) is 0 Å². The molecule has 0 radical (unpaired) electrons. The molecule has 0 spiro atoms. The zero-order valence-corrected chi connectivity index (χ0v) is 14.2. The minimum absolute atomic E-state index is 0.0529. The Hall–Kier alpha value is -0.920. The normalized spacial score (nSPS) is 51.0. The van der Waals surface area contributed by atoms with Gasteiger partial charge in [0.1, 0.15) is 5.78 Å². The van der Waals surface area contributed by atoms with Gasteiger partial charge in [-0.3, -0.25) is 9.59 Å². The highest BCUT2D eigenvalue weighted by molar-refractivity contribution is 5.91. The molecule has 120 valence electrons. The average Bonchev–Trinajstić information content (AvgIpc) is 2.75. The van der Waals surface area contributed by atoms with Crippen molar-refractivity contribution in [2.24, 2.45) is 34.5 Å². The van der Waals surface area contributed by atoms with E-state index in [1.807, 2.05) is 6.08 Å². The number of hydrogen-bond donors (Lipinski definition) is 0. The second-order valence-corrected chi connectivity index (χ2v) is 8.95. The molecule has 3 fully saturated rings. The first-order chi connectivity index (χ1) is 10.4. The Kier molecular flexibility index (Phi) is 3.03. The summed E-state index contributed by atoms with van der Waals surface area (Å²) in [4.78, 5) is 24.4. The van der Waals surface area contributed by atoms with Gasteiger partial charge in [-0.1, -0.05) is 26.3 Å². The third-order valence-electron chi connectivity index (χ3n) is 7.92. The van der Waals surface area contributed by atoms with Crippen molar-refractivity contribution in [3.05, 3.63) is 11.6 Å². The predicted molar refractivity (Wildman–Crippen MR) is 86.3 cm³/mol. The molecular formula is C20H28O2. The SMILES string of the molecule is C[C@@H]1C[C@]2(C)C(=O)CC[C@H]2[C@@H]2CCC3=CC(=O)CC[C@]3(C)[C@H]21. The number of rotatable bonds is 0. The van der Waals surface area contributed by atoms with Crippen LogP contribution >= 0.6 is 0 Å². The molecule has 0 saturated heterocycles. The quantitative estimate of drug-likeness (QED) is 0.667. The van der Waals surface area contributed by atoms with Crippen molar-refractivity contribution in [3.63, 3.8) is 0 Å². The predicted octanol–water partition coefficient (Wildman–Crippen LogP) is 4.33. The van der Waals surface area contributed by atoms with E-state index in [0.29, 0.717) is 35.2 Å². The van der Waals surface area contributed by atoms with Crippen LogP contribution in [0.3, 0.4) is 0 Å². The number of allylic oxidation sites excluding steroid dienone is 1. The van der Waals surface area contributed by atoms with Gasteiger partial charge in [0.25, 0.3) is 0 Å². The van der Waals surface area contributed by atoms with Crippen LogP contribution in [0.15, 0.2) is 11.6 Å². The van der Waals surface area contributed by atoms with Crippen molar-refractivity contribution >= 4 is 11.6 Å². The molecule has 0 aromatic carbocycles. The van der Waals surface area contributed by atoms with Crippen molar-refractivity contribution in [1.29, 1.82) is 0 Å². The van der Waals surface area contributed by atoms with E-state index in [-0.39, 0.29) is 10.8 Å². The smallest absolute Gasteiger partial charge is 0.155 e. The lowest BCUT2D eigenvalue weighted by Crippen LogP contribution is -2.54. The van der Waals surface area contributed by atoms with Crippen LogP contribution in [0.4, 0.5) is 0 Å². The minimum atomic E-state index is -0.0529. The van der Waals surface area contributed by atoms with Crippen LogP contribution in [0.1, 0.15) is 65.7 Å². The molecule has 4 aliphatic carbocycles. The summed E-state index contributed by atoms with van der Waals surface area (Å²) < 4.78 is 0. The van der Waals surface area contributed by atoms with Crippen molar-refractivity contribution in [3.8, 4) is 0 Å². The summed E-state index contributed by atoms with van der Waals surface area (Å²) in [5.74, 6) is 3.40. The first-order valence-corrected chi connectivity index (χ1v) is 9.13. The number of hydrogen-bond acceptors (Lipinski definition) is 2. The Labute approximate surface area is 133 Å². The summed E-state index contributed by atoms with van der Waals surface area (Å²) in [5, 5.41) is 0. The van der Waals surface area contributed by atoms with Crippen LogP contribution in [0.5, 0.6) is 0 Å². The molecule has 0 aliphatic heterocycles. The van der Waals surface area contributed by atoms with Crippen LogP contribution in [-0.4, -0.2) is 11.6 Å². The molecule has 3 saturated carbocycles. The van der Waals surface area contributed by atoms with Gasteiger partial charge in [0, 0.05) is 18.3 Å². The maximum atomic E-state index is 12.5. The van der Waals surface area contributed by atoms with Gasteiger partial charge in [0.05, 0.1) is 0 Å². The minimum Gasteiger partial charge on any atom is -0.299 e. The van der Waals surface area contributed by atoms with E-state index in [2.05, 4.69) is 20.8 Å². The van der Waals surface area contributed by atoms with E-state index < -0.39 is 0 Å². The van der Waals surface area contributed by atoms with Gasteiger partial charge in [-0.15, -0.1) is 0 Å². The van der Waals surface area contributed by atoms with Crippen molar-refractivity contribution in [2.75, 3.05) is 0 Å². The van der Waals surface area contributed by atoms with Crippen LogP contribution < -0.4 is 0 Å². The zero-order valence-electron chi connectivity index (χ0n) is 14.2. The molecule has 4 rings (SSSR count). The molecule has 22 heavy (non-hydrogen) atoms. The summed E-state index contributed by atoms with van der Waals surface area (Å²) in [6, 6.07) is 0. The number of fused-ring (bicyclic) bond motifs is 5. The molecule has 0 amide bonds. The fraction of sp³-hybridized carbons (Fsp3) is 0.800. The van der Waals surface area contributed by atoms with E-state index in [9.17, 15) is 9.59 Å². The van der Waals surface area contributed by atoms with Crippen molar-refractivity contribution in [1.82, 2.24) is 0 Å². The standard InChI is InChI=1S/C20H28O2/c1-12-11-20(3)16(6-7-17(20)22)15-5-4-13-10-14(21)8-9-19(13,2)18(12)15/h10,12,15-16,18H,4-9,11H2,1-3H3/t12-,15+,16+,18+,19+,20+/m1/s1. The molecule has 2 nitrogen and oxygen atoms in total. The Morgan fingerprint density at radius 1 is 1.05 bits per heavy atom. The Balaban J connectivity index is 1.75. The van der Waals surface area contributed by atoms with Crippen LogP contribution in [-0.2, 0) is 9.59 Å². The maximum Gasteiger partial charge on any atom is 0.155 e. The lowest BCUT2D eigenvalue weighted by molar-refractivity contribution is -0.136. The van der Waals surface area contributed by atoms with Crippen LogP contribution in [0.2, 0.25) is 0 Å². The highest BCUT2D eigenvalue weighted by Gasteiger charge is 2.61. The Bertz CT molecular complexity index is 574. The third kappa shape index (κ3) is 1.73. The first kappa shape index (κ1) is 14.7. The van der Waals surface area contributed by atoms with Gasteiger partial charge in [0.15, 0.2) is 5.78 Å². The maximum absolute atomic E-state index is 12.5. The summed E-state index contributed by atoms with van der Waals surface area (Å²) in [7, 11) is 0. The van der Waals surface area contributed by atoms with E-state index >= 15 is 0 Å². The number of Topliss-reactive ketones (excluding diaryl/α,β-unsaturated/α-hetero) is 1. The second-order valence-electron chi connectivity index (χ2n) is 8.95. The third-order valence-corrected chi connectivity index (χ3v) is 7.92. The van der Waals surface area contributed by atoms with E-state index in [1.165, 1.54) is 12.0 Å². The van der Waals surface area contributed by atoms with E-state index in [0.717, 1.165) is 38.5 Å². The fourth-order valence-corrected chi connectivity index (χ4v) is 7.03. The monoisotopic (exact) mass is 300 g/mol. The Morgan fingerprint density at radius 2 is 1.82 bits per heavy atom. The topological polar surface area (TPSA) is 34.1 Å².